The van der Waals surface area contributed by atoms with E-state index in [1.54, 1.807) is 7.05 Å². The number of nitrogens with zero attached hydrogens (tertiary/aromatic N) is 2. The number of nitrogens with one attached hydrogen (secondary N) is 1. The van der Waals surface area contributed by atoms with Crippen molar-refractivity contribution in [1.82, 2.24) is 15.1 Å². The summed E-state index contributed by atoms with van der Waals surface area (Å²) in [6.07, 6.45) is 1.09. The number of carboxylic acids is 1. The third-order valence-corrected chi connectivity index (χ3v) is 4.22. The van der Waals surface area contributed by atoms with Gasteiger partial charge in [0.05, 0.1) is 19.3 Å². The van der Waals surface area contributed by atoms with E-state index in [0.717, 1.165) is 19.5 Å². The molecule has 0 saturated carbocycles. The van der Waals surface area contributed by atoms with E-state index in [1.807, 2.05) is 0 Å². The SMILES string of the molecule is CN1CCC(CNC(=O)N(C)C2COCC2C(=O)O)C1. The largest absolute Gasteiger partial charge is 0.481 e. The van der Waals surface area contributed by atoms with Gasteiger partial charge in [0.15, 0.2) is 0 Å². The molecular formula is C13H23N3O4. The Balaban J connectivity index is 1.81. The van der Waals surface area contributed by atoms with Gasteiger partial charge in [0.1, 0.15) is 5.92 Å². The molecule has 0 aromatic rings. The number of rotatable bonds is 4. The minimum Gasteiger partial charge on any atom is -0.481 e. The maximum Gasteiger partial charge on any atom is 0.317 e. The second kappa shape index (κ2) is 6.41. The highest BCUT2D eigenvalue weighted by atomic mass is 16.5. The van der Waals surface area contributed by atoms with Crippen molar-refractivity contribution in [3.05, 3.63) is 0 Å². The minimum atomic E-state index is -0.912. The van der Waals surface area contributed by atoms with Gasteiger partial charge in [-0.05, 0) is 25.9 Å². The molecule has 2 fully saturated rings. The highest BCUT2D eigenvalue weighted by Crippen LogP contribution is 2.19. The molecule has 3 unspecified atom stereocenters. The van der Waals surface area contributed by atoms with Crippen LogP contribution < -0.4 is 5.32 Å². The first-order chi connectivity index (χ1) is 9.49. The summed E-state index contributed by atoms with van der Waals surface area (Å²) in [5, 5.41) is 12.0. The molecule has 20 heavy (non-hydrogen) atoms. The number of urea groups is 1. The molecule has 2 rings (SSSR count). The fraction of sp³-hybridized carbons (Fsp3) is 0.846. The van der Waals surface area contributed by atoms with E-state index < -0.39 is 17.9 Å². The second-order valence-electron chi connectivity index (χ2n) is 5.76. The Kier molecular flexibility index (Phi) is 4.82. The summed E-state index contributed by atoms with van der Waals surface area (Å²) in [4.78, 5) is 26.9. The number of likely N-dealkylation sites (tertiary alicyclic amines) is 1. The fourth-order valence-corrected chi connectivity index (χ4v) is 2.86. The molecule has 2 aliphatic heterocycles. The molecule has 2 aliphatic rings. The van der Waals surface area contributed by atoms with Gasteiger partial charge in [-0.2, -0.15) is 0 Å². The van der Waals surface area contributed by atoms with Crippen LogP contribution in [0, 0.1) is 11.8 Å². The lowest BCUT2D eigenvalue weighted by Gasteiger charge is -2.27. The van der Waals surface area contributed by atoms with Crippen LogP contribution in [0.15, 0.2) is 0 Å². The maximum absolute atomic E-state index is 12.1. The zero-order chi connectivity index (χ0) is 14.7. The Morgan fingerprint density at radius 1 is 1.45 bits per heavy atom. The van der Waals surface area contributed by atoms with Crippen LogP contribution >= 0.6 is 0 Å². The summed E-state index contributed by atoms with van der Waals surface area (Å²) in [5.74, 6) is -1.07. The Morgan fingerprint density at radius 2 is 2.20 bits per heavy atom. The van der Waals surface area contributed by atoms with Gasteiger partial charge in [0.2, 0.25) is 0 Å². The molecule has 7 nitrogen and oxygen atoms in total. The van der Waals surface area contributed by atoms with Gasteiger partial charge in [-0.3, -0.25) is 4.79 Å². The van der Waals surface area contributed by atoms with Crippen molar-refractivity contribution in [3.8, 4) is 0 Å². The molecule has 7 heteroatoms. The number of ether oxygens (including phenoxy) is 1. The number of carbonyl (C=O) groups is 2. The average Bonchev–Trinajstić information content (AvgIpc) is 3.03. The molecule has 2 heterocycles. The standard InChI is InChI=1S/C13H23N3O4/c1-15-4-3-9(6-15)5-14-13(19)16(2)11-8-20-7-10(11)12(17)18/h9-11H,3-8H2,1-2H3,(H,14,19)(H,17,18). The summed E-state index contributed by atoms with van der Waals surface area (Å²) in [5.41, 5.74) is 0. The molecule has 0 bridgehead atoms. The van der Waals surface area contributed by atoms with Crippen molar-refractivity contribution < 1.29 is 19.4 Å². The molecule has 0 spiro atoms. The zero-order valence-corrected chi connectivity index (χ0v) is 12.0. The van der Waals surface area contributed by atoms with Gasteiger partial charge in [-0.1, -0.05) is 0 Å². The molecule has 0 radical (unpaired) electrons. The van der Waals surface area contributed by atoms with Crippen molar-refractivity contribution in [2.45, 2.75) is 12.5 Å². The van der Waals surface area contributed by atoms with Gasteiger partial charge in [0, 0.05) is 20.1 Å². The van der Waals surface area contributed by atoms with E-state index in [4.69, 9.17) is 9.84 Å². The Hall–Kier alpha value is -1.34. The highest BCUT2D eigenvalue weighted by molar-refractivity contribution is 5.77. The van der Waals surface area contributed by atoms with Crippen LogP contribution in [-0.2, 0) is 9.53 Å². The molecule has 0 aliphatic carbocycles. The third kappa shape index (κ3) is 3.40. The first-order valence-corrected chi connectivity index (χ1v) is 6.98. The van der Waals surface area contributed by atoms with Crippen molar-refractivity contribution in [1.29, 1.82) is 0 Å². The predicted octanol–water partition coefficient (Wildman–Crippen LogP) is -0.321. The van der Waals surface area contributed by atoms with Crippen LogP contribution in [-0.4, -0.2) is 79.9 Å². The topological polar surface area (TPSA) is 82.1 Å². The highest BCUT2D eigenvalue weighted by Gasteiger charge is 2.38. The van der Waals surface area contributed by atoms with Crippen LogP contribution in [0.2, 0.25) is 0 Å². The Bertz CT molecular complexity index is 377. The minimum absolute atomic E-state index is 0.172. The quantitative estimate of drug-likeness (QED) is 0.740. The molecule has 114 valence electrons. The number of carboxylic acid groups (broad SMARTS) is 1. The van der Waals surface area contributed by atoms with E-state index in [9.17, 15) is 9.59 Å². The summed E-state index contributed by atoms with van der Waals surface area (Å²) in [6, 6.07) is -0.611. The molecule has 2 saturated heterocycles. The van der Waals surface area contributed by atoms with Crippen LogP contribution in [0.5, 0.6) is 0 Å². The van der Waals surface area contributed by atoms with Crippen molar-refractivity contribution >= 4 is 12.0 Å². The van der Waals surface area contributed by atoms with Gasteiger partial charge in [0.25, 0.3) is 0 Å². The summed E-state index contributed by atoms with van der Waals surface area (Å²) in [7, 11) is 3.70. The monoisotopic (exact) mass is 285 g/mol. The molecule has 3 atom stereocenters. The van der Waals surface area contributed by atoms with E-state index in [-0.39, 0.29) is 19.2 Å². The first-order valence-electron chi connectivity index (χ1n) is 6.98. The molecule has 0 aromatic heterocycles. The van der Waals surface area contributed by atoms with Crippen molar-refractivity contribution in [2.24, 2.45) is 11.8 Å². The molecule has 2 N–H and O–H groups in total. The lowest BCUT2D eigenvalue weighted by Crippen LogP contribution is -2.49. The van der Waals surface area contributed by atoms with E-state index >= 15 is 0 Å². The van der Waals surface area contributed by atoms with E-state index in [0.29, 0.717) is 12.5 Å². The number of carbonyl (C=O) groups excluding carboxylic acids is 1. The molecular weight excluding hydrogens is 262 g/mol. The van der Waals surface area contributed by atoms with Crippen LogP contribution in [0.25, 0.3) is 0 Å². The van der Waals surface area contributed by atoms with E-state index in [2.05, 4.69) is 17.3 Å². The number of hydrogen-bond donors (Lipinski definition) is 2. The Morgan fingerprint density at radius 3 is 2.80 bits per heavy atom. The summed E-state index contributed by atoms with van der Waals surface area (Å²) < 4.78 is 5.19. The lowest BCUT2D eigenvalue weighted by atomic mass is 10.0. The van der Waals surface area contributed by atoms with E-state index in [1.165, 1.54) is 4.90 Å². The average molecular weight is 285 g/mol. The second-order valence-corrected chi connectivity index (χ2v) is 5.76. The lowest BCUT2D eigenvalue weighted by molar-refractivity contribution is -0.142. The summed E-state index contributed by atoms with van der Waals surface area (Å²) >= 11 is 0. The fourth-order valence-electron chi connectivity index (χ4n) is 2.86. The number of likely N-dealkylation sites (N-methyl/N-ethyl adjacent to an activating group) is 1. The smallest absolute Gasteiger partial charge is 0.317 e. The molecule has 2 amide bonds. The van der Waals surface area contributed by atoms with Gasteiger partial charge in [-0.25, -0.2) is 4.79 Å². The normalized spacial score (nSPS) is 30.4. The van der Waals surface area contributed by atoms with Gasteiger partial charge < -0.3 is 25.0 Å². The van der Waals surface area contributed by atoms with Gasteiger partial charge >= 0.3 is 12.0 Å². The first kappa shape index (κ1) is 15.1. The van der Waals surface area contributed by atoms with Crippen LogP contribution in [0.3, 0.4) is 0 Å². The zero-order valence-electron chi connectivity index (χ0n) is 12.0. The van der Waals surface area contributed by atoms with Gasteiger partial charge in [-0.15, -0.1) is 0 Å². The van der Waals surface area contributed by atoms with Crippen LogP contribution in [0.4, 0.5) is 4.79 Å². The maximum atomic E-state index is 12.1. The van der Waals surface area contributed by atoms with Crippen molar-refractivity contribution in [3.63, 3.8) is 0 Å². The third-order valence-electron chi connectivity index (χ3n) is 4.22. The number of hydrogen-bond acceptors (Lipinski definition) is 4. The number of aliphatic carboxylic acids is 1. The molecule has 0 aromatic carbocycles. The number of amides is 2. The summed E-state index contributed by atoms with van der Waals surface area (Å²) in [6.45, 7) is 3.15. The van der Waals surface area contributed by atoms with Crippen LogP contribution in [0.1, 0.15) is 6.42 Å². The Labute approximate surface area is 118 Å². The van der Waals surface area contributed by atoms with Crippen molar-refractivity contribution in [2.75, 3.05) is 46.9 Å². The predicted molar refractivity (Wildman–Crippen MR) is 72.5 cm³/mol.